The van der Waals surface area contributed by atoms with E-state index in [9.17, 15) is 0 Å². The Hall–Kier alpha value is -2.29. The van der Waals surface area contributed by atoms with Gasteiger partial charge in [-0.15, -0.1) is 0 Å². The highest BCUT2D eigenvalue weighted by molar-refractivity contribution is 5.79. The molecule has 0 saturated heterocycles. The molecule has 96 valence electrons. The summed E-state index contributed by atoms with van der Waals surface area (Å²) < 4.78 is 2.24. The fraction of sp³-hybridized carbons (Fsp3) is 0.188. The van der Waals surface area contributed by atoms with E-state index in [1.165, 1.54) is 5.56 Å². The van der Waals surface area contributed by atoms with Crippen LogP contribution in [0.1, 0.15) is 18.5 Å². The predicted molar refractivity (Wildman–Crippen MR) is 79.5 cm³/mol. The van der Waals surface area contributed by atoms with Gasteiger partial charge in [0, 0.05) is 7.05 Å². The maximum atomic E-state index is 4.63. The summed E-state index contributed by atoms with van der Waals surface area (Å²) in [5, 5.41) is 3.19. The van der Waals surface area contributed by atoms with E-state index in [-0.39, 0.29) is 6.04 Å². The number of nitrogens with one attached hydrogen (secondary N) is 1. The van der Waals surface area contributed by atoms with Gasteiger partial charge in [0.1, 0.15) is 0 Å². The van der Waals surface area contributed by atoms with Gasteiger partial charge < -0.3 is 9.88 Å². The molecule has 19 heavy (non-hydrogen) atoms. The lowest BCUT2D eigenvalue weighted by molar-refractivity contribution is 0.665. The highest BCUT2D eigenvalue weighted by Crippen LogP contribution is 2.28. The minimum absolute atomic E-state index is 0.246. The SMILES string of the molecule is CNc1nc2ccccc2n1C(C)c1ccccc1. The Morgan fingerprint density at radius 2 is 1.68 bits per heavy atom. The summed E-state index contributed by atoms with van der Waals surface area (Å²) in [6, 6.07) is 19.0. The molecule has 0 aliphatic heterocycles. The molecule has 3 heteroatoms. The molecule has 3 nitrogen and oxygen atoms in total. The van der Waals surface area contributed by atoms with Crippen molar-refractivity contribution in [1.82, 2.24) is 9.55 Å². The summed E-state index contributed by atoms with van der Waals surface area (Å²) in [4.78, 5) is 4.63. The van der Waals surface area contributed by atoms with E-state index in [2.05, 4.69) is 58.2 Å². The Balaban J connectivity index is 2.18. The zero-order chi connectivity index (χ0) is 13.2. The molecule has 1 aromatic heterocycles. The van der Waals surface area contributed by atoms with Gasteiger partial charge >= 0.3 is 0 Å². The maximum absolute atomic E-state index is 4.63. The van der Waals surface area contributed by atoms with Crippen molar-refractivity contribution in [2.24, 2.45) is 0 Å². The molecule has 3 rings (SSSR count). The first-order valence-electron chi connectivity index (χ1n) is 6.51. The van der Waals surface area contributed by atoms with E-state index in [0.717, 1.165) is 17.0 Å². The second-order valence-electron chi connectivity index (χ2n) is 4.63. The molecular formula is C16H17N3. The van der Waals surface area contributed by atoms with Gasteiger partial charge in [-0.2, -0.15) is 0 Å². The van der Waals surface area contributed by atoms with Crippen LogP contribution in [0.5, 0.6) is 0 Å². The van der Waals surface area contributed by atoms with Crippen LogP contribution in [0.3, 0.4) is 0 Å². The normalized spacial score (nSPS) is 12.5. The van der Waals surface area contributed by atoms with Crippen molar-refractivity contribution < 1.29 is 0 Å². The Labute approximate surface area is 112 Å². The van der Waals surface area contributed by atoms with Crippen LogP contribution >= 0.6 is 0 Å². The summed E-state index contributed by atoms with van der Waals surface area (Å²) in [5.41, 5.74) is 3.46. The number of hydrogen-bond acceptors (Lipinski definition) is 2. The Kier molecular flexibility index (Phi) is 2.95. The molecule has 0 spiro atoms. The number of aromatic nitrogens is 2. The standard InChI is InChI=1S/C16H17N3/c1-12(13-8-4-3-5-9-13)19-15-11-7-6-10-14(15)18-16(19)17-2/h3-12H,1-2H3,(H,17,18). The molecular weight excluding hydrogens is 234 g/mol. The van der Waals surface area contributed by atoms with Gasteiger partial charge in [0.25, 0.3) is 0 Å². The quantitative estimate of drug-likeness (QED) is 0.769. The lowest BCUT2D eigenvalue weighted by atomic mass is 10.1. The van der Waals surface area contributed by atoms with E-state index < -0.39 is 0 Å². The zero-order valence-corrected chi connectivity index (χ0v) is 11.2. The van der Waals surface area contributed by atoms with Gasteiger partial charge in [0.05, 0.1) is 17.1 Å². The number of hydrogen-bond donors (Lipinski definition) is 1. The van der Waals surface area contributed by atoms with E-state index in [0.29, 0.717) is 0 Å². The highest BCUT2D eigenvalue weighted by atomic mass is 15.2. The third kappa shape index (κ3) is 1.97. The lowest BCUT2D eigenvalue weighted by Gasteiger charge is -2.17. The van der Waals surface area contributed by atoms with Gasteiger partial charge in [-0.25, -0.2) is 4.98 Å². The number of rotatable bonds is 3. The van der Waals surface area contributed by atoms with Gasteiger partial charge in [-0.1, -0.05) is 42.5 Å². The molecule has 0 saturated carbocycles. The minimum Gasteiger partial charge on any atom is -0.359 e. The molecule has 0 radical (unpaired) electrons. The van der Waals surface area contributed by atoms with Crippen LogP contribution in [0.15, 0.2) is 54.6 Å². The van der Waals surface area contributed by atoms with Gasteiger partial charge in [-0.05, 0) is 24.6 Å². The first-order chi connectivity index (χ1) is 9.31. The molecule has 1 unspecified atom stereocenters. The Bertz CT molecular complexity index is 686. The Morgan fingerprint density at radius 1 is 1.00 bits per heavy atom. The van der Waals surface area contributed by atoms with Crippen LogP contribution in [0, 0.1) is 0 Å². The minimum atomic E-state index is 0.246. The molecule has 0 fully saturated rings. The van der Waals surface area contributed by atoms with Crippen LogP contribution in [0.2, 0.25) is 0 Å². The number of imidazole rings is 1. The van der Waals surface area contributed by atoms with Crippen molar-refractivity contribution in [3.63, 3.8) is 0 Å². The van der Waals surface area contributed by atoms with Crippen molar-refractivity contribution in [2.45, 2.75) is 13.0 Å². The molecule has 1 heterocycles. The zero-order valence-electron chi connectivity index (χ0n) is 11.2. The number of anilines is 1. The topological polar surface area (TPSA) is 29.9 Å². The first-order valence-corrected chi connectivity index (χ1v) is 6.51. The van der Waals surface area contributed by atoms with E-state index in [4.69, 9.17) is 0 Å². The molecule has 2 aromatic carbocycles. The van der Waals surface area contributed by atoms with Crippen LogP contribution in [0.4, 0.5) is 5.95 Å². The van der Waals surface area contributed by atoms with E-state index in [1.807, 2.05) is 25.2 Å². The van der Waals surface area contributed by atoms with Crippen molar-refractivity contribution in [3.8, 4) is 0 Å². The van der Waals surface area contributed by atoms with Crippen molar-refractivity contribution >= 4 is 17.0 Å². The third-order valence-electron chi connectivity index (χ3n) is 3.49. The average Bonchev–Trinajstić information content (AvgIpc) is 2.86. The third-order valence-corrected chi connectivity index (χ3v) is 3.49. The van der Waals surface area contributed by atoms with E-state index >= 15 is 0 Å². The van der Waals surface area contributed by atoms with Crippen LogP contribution < -0.4 is 5.32 Å². The fourth-order valence-electron chi connectivity index (χ4n) is 2.49. The first kappa shape index (κ1) is 11.8. The van der Waals surface area contributed by atoms with Gasteiger partial charge in [0.2, 0.25) is 5.95 Å². The molecule has 0 aliphatic rings. The second kappa shape index (κ2) is 4.76. The summed E-state index contributed by atoms with van der Waals surface area (Å²) in [7, 11) is 1.91. The van der Waals surface area contributed by atoms with Crippen molar-refractivity contribution in [1.29, 1.82) is 0 Å². The molecule has 1 atom stereocenters. The lowest BCUT2D eigenvalue weighted by Crippen LogP contribution is -2.10. The molecule has 0 bridgehead atoms. The average molecular weight is 251 g/mol. The Morgan fingerprint density at radius 3 is 2.42 bits per heavy atom. The largest absolute Gasteiger partial charge is 0.359 e. The van der Waals surface area contributed by atoms with Crippen molar-refractivity contribution in [2.75, 3.05) is 12.4 Å². The van der Waals surface area contributed by atoms with Crippen LogP contribution in [-0.4, -0.2) is 16.6 Å². The fourth-order valence-corrected chi connectivity index (χ4v) is 2.49. The molecule has 0 aliphatic carbocycles. The summed E-state index contributed by atoms with van der Waals surface area (Å²) >= 11 is 0. The van der Waals surface area contributed by atoms with Crippen LogP contribution in [0.25, 0.3) is 11.0 Å². The predicted octanol–water partition coefficient (Wildman–Crippen LogP) is 3.69. The molecule has 3 aromatic rings. The molecule has 1 N–H and O–H groups in total. The summed E-state index contributed by atoms with van der Waals surface area (Å²) in [6.45, 7) is 2.20. The van der Waals surface area contributed by atoms with Gasteiger partial charge in [0.15, 0.2) is 0 Å². The number of benzene rings is 2. The monoisotopic (exact) mass is 251 g/mol. The highest BCUT2D eigenvalue weighted by Gasteiger charge is 2.15. The van der Waals surface area contributed by atoms with Crippen molar-refractivity contribution in [3.05, 3.63) is 60.2 Å². The number of fused-ring (bicyclic) bond motifs is 1. The summed E-state index contributed by atoms with van der Waals surface area (Å²) in [6.07, 6.45) is 0. The number of nitrogens with zero attached hydrogens (tertiary/aromatic N) is 2. The van der Waals surface area contributed by atoms with Gasteiger partial charge in [-0.3, -0.25) is 0 Å². The van der Waals surface area contributed by atoms with Crippen LogP contribution in [-0.2, 0) is 0 Å². The molecule has 0 amide bonds. The summed E-state index contributed by atoms with van der Waals surface area (Å²) in [5.74, 6) is 0.901. The maximum Gasteiger partial charge on any atom is 0.204 e. The van der Waals surface area contributed by atoms with E-state index in [1.54, 1.807) is 0 Å². The number of para-hydroxylation sites is 2. The smallest absolute Gasteiger partial charge is 0.204 e. The second-order valence-corrected chi connectivity index (χ2v) is 4.63.